The van der Waals surface area contributed by atoms with Gasteiger partial charge in [0.2, 0.25) is 5.88 Å². The van der Waals surface area contributed by atoms with Crippen LogP contribution in [0.2, 0.25) is 0 Å². The number of sulfone groups is 1. The number of fused-ring (bicyclic) bond motifs is 1. The van der Waals surface area contributed by atoms with Crippen LogP contribution in [0.4, 0.5) is 0 Å². The van der Waals surface area contributed by atoms with Gasteiger partial charge in [0, 0.05) is 17.2 Å². The van der Waals surface area contributed by atoms with Crippen LogP contribution in [0.25, 0.3) is 22.0 Å². The van der Waals surface area contributed by atoms with Crippen molar-refractivity contribution in [1.29, 1.82) is 0 Å². The number of aromatic nitrogens is 1. The van der Waals surface area contributed by atoms with Crippen molar-refractivity contribution in [3.63, 3.8) is 0 Å². The molecule has 3 aromatic rings. The number of carboxylic acid groups (broad SMARTS) is 1. The normalized spacial score (nSPS) is 10.6. The Labute approximate surface area is 145 Å². The summed E-state index contributed by atoms with van der Waals surface area (Å²) in [4.78, 5) is 13.1. The SMILES string of the molecule is COc1nc2ccccc2cc1-c1cccc(S(C)(=O)=O)c1.O=CO. The number of para-hydroxylation sites is 1. The lowest BCUT2D eigenvalue weighted by Gasteiger charge is -2.10. The van der Waals surface area contributed by atoms with Crippen LogP contribution < -0.4 is 4.74 Å². The molecule has 2 aromatic carbocycles. The number of carbonyl (C=O) groups is 1. The first-order valence-corrected chi connectivity index (χ1v) is 9.12. The lowest BCUT2D eigenvalue weighted by atomic mass is 10.0. The average Bonchev–Trinajstić information content (AvgIpc) is 2.60. The molecule has 3 rings (SSSR count). The molecule has 0 bridgehead atoms. The number of rotatable bonds is 3. The summed E-state index contributed by atoms with van der Waals surface area (Å²) in [7, 11) is -1.70. The van der Waals surface area contributed by atoms with Gasteiger partial charge in [-0.1, -0.05) is 30.3 Å². The summed E-state index contributed by atoms with van der Waals surface area (Å²) in [6, 6.07) is 16.5. The molecular weight excluding hydrogens is 342 g/mol. The fourth-order valence-corrected chi connectivity index (χ4v) is 3.02. The first-order valence-electron chi connectivity index (χ1n) is 7.23. The molecule has 6 nitrogen and oxygen atoms in total. The Hall–Kier alpha value is -2.93. The van der Waals surface area contributed by atoms with Crippen molar-refractivity contribution in [1.82, 2.24) is 4.98 Å². The van der Waals surface area contributed by atoms with Gasteiger partial charge in [-0.25, -0.2) is 13.4 Å². The molecular formula is C18H17NO5S. The van der Waals surface area contributed by atoms with Crippen LogP contribution in [0.15, 0.2) is 59.5 Å². The van der Waals surface area contributed by atoms with Gasteiger partial charge in [0.15, 0.2) is 9.84 Å². The molecule has 130 valence electrons. The molecule has 0 radical (unpaired) electrons. The molecule has 1 heterocycles. The highest BCUT2D eigenvalue weighted by Gasteiger charge is 2.13. The van der Waals surface area contributed by atoms with E-state index in [1.54, 1.807) is 25.3 Å². The number of benzene rings is 2. The molecule has 0 spiro atoms. The maximum Gasteiger partial charge on any atom is 0.290 e. The zero-order chi connectivity index (χ0) is 18.4. The second kappa shape index (κ2) is 7.76. The highest BCUT2D eigenvalue weighted by Crippen LogP contribution is 2.32. The first kappa shape index (κ1) is 18.4. The number of pyridine rings is 1. The molecule has 25 heavy (non-hydrogen) atoms. The van der Waals surface area contributed by atoms with Crippen LogP contribution in [0.3, 0.4) is 0 Å². The second-order valence-corrected chi connectivity index (χ2v) is 7.16. The Kier molecular flexibility index (Phi) is 5.71. The summed E-state index contributed by atoms with van der Waals surface area (Å²) in [6.45, 7) is -0.250. The van der Waals surface area contributed by atoms with Crippen LogP contribution in [0, 0.1) is 0 Å². The van der Waals surface area contributed by atoms with Gasteiger partial charge >= 0.3 is 0 Å². The van der Waals surface area contributed by atoms with E-state index in [0.717, 1.165) is 22.0 Å². The Balaban J connectivity index is 0.000000701. The lowest BCUT2D eigenvalue weighted by molar-refractivity contribution is -0.122. The van der Waals surface area contributed by atoms with E-state index in [0.29, 0.717) is 5.88 Å². The minimum atomic E-state index is -3.26. The summed E-state index contributed by atoms with van der Waals surface area (Å²) in [6.07, 6.45) is 1.20. The molecule has 0 aliphatic heterocycles. The van der Waals surface area contributed by atoms with Gasteiger partial charge in [-0.05, 0) is 29.8 Å². The van der Waals surface area contributed by atoms with Gasteiger partial charge in [-0.2, -0.15) is 0 Å². The summed E-state index contributed by atoms with van der Waals surface area (Å²) >= 11 is 0. The fourth-order valence-electron chi connectivity index (χ4n) is 2.35. The summed E-state index contributed by atoms with van der Waals surface area (Å²) in [5, 5.41) is 7.86. The molecule has 7 heteroatoms. The van der Waals surface area contributed by atoms with Gasteiger partial charge in [0.25, 0.3) is 6.47 Å². The highest BCUT2D eigenvalue weighted by atomic mass is 32.2. The molecule has 1 aromatic heterocycles. The summed E-state index contributed by atoms with van der Waals surface area (Å²) in [5.41, 5.74) is 2.37. The van der Waals surface area contributed by atoms with E-state index in [1.165, 1.54) is 6.26 Å². The number of hydrogen-bond donors (Lipinski definition) is 1. The Bertz CT molecular complexity index is 999. The Morgan fingerprint density at radius 3 is 2.40 bits per heavy atom. The van der Waals surface area contributed by atoms with Crippen molar-refractivity contribution in [2.75, 3.05) is 13.4 Å². The molecule has 0 aliphatic rings. The predicted molar refractivity (Wildman–Crippen MR) is 95.5 cm³/mol. The zero-order valence-corrected chi connectivity index (χ0v) is 14.5. The molecule has 0 amide bonds. The van der Waals surface area contributed by atoms with E-state index in [4.69, 9.17) is 14.6 Å². The first-order chi connectivity index (χ1) is 11.9. The lowest BCUT2D eigenvalue weighted by Crippen LogP contribution is -1.98. The van der Waals surface area contributed by atoms with Gasteiger partial charge in [0.1, 0.15) is 0 Å². The van der Waals surface area contributed by atoms with E-state index in [9.17, 15) is 8.42 Å². The van der Waals surface area contributed by atoms with Gasteiger partial charge in [-0.15, -0.1) is 0 Å². The average molecular weight is 359 g/mol. The fraction of sp³-hybridized carbons (Fsp3) is 0.111. The maximum atomic E-state index is 11.7. The van der Waals surface area contributed by atoms with Crippen LogP contribution in [-0.2, 0) is 14.6 Å². The number of hydrogen-bond acceptors (Lipinski definition) is 5. The van der Waals surface area contributed by atoms with E-state index in [1.807, 2.05) is 36.4 Å². The maximum absolute atomic E-state index is 11.7. The van der Waals surface area contributed by atoms with E-state index < -0.39 is 9.84 Å². The standard InChI is InChI=1S/C17H15NO3S.CH2O2/c1-21-17-15(11-13-6-3-4-9-16(13)18-17)12-7-5-8-14(10-12)22(2,19)20;2-1-3/h3-11H,1-2H3;1H,(H,2,3). The smallest absolute Gasteiger partial charge is 0.290 e. The van der Waals surface area contributed by atoms with Crippen molar-refractivity contribution < 1.29 is 23.1 Å². The third-order valence-electron chi connectivity index (χ3n) is 3.46. The van der Waals surface area contributed by atoms with Crippen LogP contribution in [0.5, 0.6) is 5.88 Å². The van der Waals surface area contributed by atoms with Gasteiger partial charge in [-0.3, -0.25) is 4.79 Å². The van der Waals surface area contributed by atoms with Crippen LogP contribution in [-0.4, -0.2) is 38.3 Å². The third-order valence-corrected chi connectivity index (χ3v) is 4.57. The summed E-state index contributed by atoms with van der Waals surface area (Å²) < 4.78 is 28.8. The molecule has 0 unspecified atom stereocenters. The van der Waals surface area contributed by atoms with Gasteiger partial charge < -0.3 is 9.84 Å². The number of nitrogens with zero attached hydrogens (tertiary/aromatic N) is 1. The van der Waals surface area contributed by atoms with Crippen molar-refractivity contribution in [2.45, 2.75) is 4.90 Å². The predicted octanol–water partition coefficient (Wildman–Crippen LogP) is 3.01. The van der Waals surface area contributed by atoms with E-state index in [2.05, 4.69) is 4.98 Å². The number of ether oxygens (including phenoxy) is 1. The van der Waals surface area contributed by atoms with E-state index >= 15 is 0 Å². The molecule has 0 aliphatic carbocycles. The van der Waals surface area contributed by atoms with E-state index in [-0.39, 0.29) is 11.4 Å². The molecule has 0 saturated carbocycles. The Morgan fingerprint density at radius 2 is 1.76 bits per heavy atom. The highest BCUT2D eigenvalue weighted by molar-refractivity contribution is 7.90. The largest absolute Gasteiger partial charge is 0.483 e. The topological polar surface area (TPSA) is 93.6 Å². The molecule has 0 atom stereocenters. The van der Waals surface area contributed by atoms with Crippen molar-refractivity contribution >= 4 is 27.2 Å². The molecule has 0 fully saturated rings. The minimum Gasteiger partial charge on any atom is -0.483 e. The monoisotopic (exact) mass is 359 g/mol. The Morgan fingerprint density at radius 1 is 1.08 bits per heavy atom. The quantitative estimate of drug-likeness (QED) is 0.723. The minimum absolute atomic E-state index is 0.250. The molecule has 1 N–H and O–H groups in total. The zero-order valence-electron chi connectivity index (χ0n) is 13.7. The second-order valence-electron chi connectivity index (χ2n) is 5.14. The van der Waals surface area contributed by atoms with Crippen LogP contribution >= 0.6 is 0 Å². The number of methoxy groups -OCH3 is 1. The summed E-state index contributed by atoms with van der Waals surface area (Å²) in [5.74, 6) is 0.476. The van der Waals surface area contributed by atoms with Crippen LogP contribution in [0.1, 0.15) is 0 Å². The van der Waals surface area contributed by atoms with Gasteiger partial charge in [0.05, 0.1) is 17.5 Å². The third kappa shape index (κ3) is 4.33. The molecule has 0 saturated heterocycles. The van der Waals surface area contributed by atoms with Crippen molar-refractivity contribution in [2.24, 2.45) is 0 Å². The van der Waals surface area contributed by atoms with Crippen molar-refractivity contribution in [3.05, 3.63) is 54.6 Å². The van der Waals surface area contributed by atoms with Crippen molar-refractivity contribution in [3.8, 4) is 17.0 Å².